The van der Waals surface area contributed by atoms with E-state index >= 15 is 0 Å². The molecule has 2 amide bonds. The number of piperidine rings is 2. The lowest BCUT2D eigenvalue weighted by molar-refractivity contribution is 0.0762. The zero-order valence-electron chi connectivity index (χ0n) is 19.0. The van der Waals surface area contributed by atoms with Crippen LogP contribution in [0.4, 0.5) is 4.79 Å². The van der Waals surface area contributed by atoms with E-state index in [0.717, 1.165) is 51.6 Å². The van der Waals surface area contributed by atoms with Crippen molar-refractivity contribution in [3.63, 3.8) is 0 Å². The molecular formula is C23H40N4O3S. The summed E-state index contributed by atoms with van der Waals surface area (Å²) < 4.78 is 25.2. The summed E-state index contributed by atoms with van der Waals surface area (Å²) in [7, 11) is 0.486. The summed E-state index contributed by atoms with van der Waals surface area (Å²) in [5, 5.41) is 3.20. The third-order valence-corrected chi connectivity index (χ3v) is 8.99. The Morgan fingerprint density at radius 1 is 1.06 bits per heavy atom. The normalized spacial score (nSPS) is 25.2. The Morgan fingerprint density at radius 3 is 2.32 bits per heavy atom. The van der Waals surface area contributed by atoms with E-state index in [2.05, 4.69) is 34.5 Å². The number of nitrogens with one attached hydrogen (secondary N) is 1. The average molecular weight is 453 g/mol. The number of rotatable bonds is 3. The summed E-state index contributed by atoms with van der Waals surface area (Å²) in [5.74, 6) is 0. The van der Waals surface area contributed by atoms with Crippen LogP contribution in [0.15, 0.2) is 24.3 Å². The summed E-state index contributed by atoms with van der Waals surface area (Å²) in [6, 6.07) is 9.19. The number of hydrogen-bond acceptors (Lipinski definition) is 4. The van der Waals surface area contributed by atoms with Crippen LogP contribution in [0.2, 0.25) is 0 Å². The van der Waals surface area contributed by atoms with E-state index in [1.807, 2.05) is 0 Å². The topological polar surface area (TPSA) is 73.0 Å². The Morgan fingerprint density at radius 2 is 1.71 bits per heavy atom. The van der Waals surface area contributed by atoms with Gasteiger partial charge in [0.2, 0.25) is 10.0 Å². The second-order valence-corrected chi connectivity index (χ2v) is 11.7. The van der Waals surface area contributed by atoms with Gasteiger partial charge in [-0.05, 0) is 68.2 Å². The molecule has 2 heterocycles. The summed E-state index contributed by atoms with van der Waals surface area (Å²) in [6.45, 7) is 3.40. The molecule has 2 fully saturated rings. The van der Waals surface area contributed by atoms with Gasteiger partial charge in [-0.15, -0.1) is 0 Å². The van der Waals surface area contributed by atoms with Crippen LogP contribution in [0, 0.1) is 0 Å². The van der Waals surface area contributed by atoms with Crippen LogP contribution in [-0.2, 0) is 15.4 Å². The third-order valence-electron chi connectivity index (χ3n) is 7.69. The van der Waals surface area contributed by atoms with Gasteiger partial charge in [-0.25, -0.2) is 17.5 Å². The first-order valence-corrected chi connectivity index (χ1v) is 13.3. The molecule has 0 saturated carbocycles. The molecule has 1 aromatic carbocycles. The SMILES string of the molecule is CN(C)C(=O)N[C@@H]1CCC2(CCN(C3CCN(S(C)(=O)=O)CC3)CC2)c2ccccc21.[HH].[HH]. The first-order chi connectivity index (χ1) is 14.7. The molecule has 0 bridgehead atoms. The molecule has 3 aliphatic rings. The molecule has 2 aliphatic heterocycles. The van der Waals surface area contributed by atoms with Crippen molar-refractivity contribution < 1.29 is 16.1 Å². The van der Waals surface area contributed by atoms with Gasteiger partial charge in [0.1, 0.15) is 0 Å². The van der Waals surface area contributed by atoms with Gasteiger partial charge in [0.25, 0.3) is 0 Å². The number of sulfonamides is 1. The molecule has 1 aromatic rings. The standard InChI is InChI=1S/C23H36N4O3S.2H2/c1-25(2)22(28)24-21-8-11-23(20-7-5-4-6-19(20)21)12-16-26(17-13-23)18-9-14-27(15-10-18)31(3,29)30;;/h4-7,18,21H,8-17H2,1-3H3,(H,24,28);2*1H/t21-;;/m1../s1. The van der Waals surface area contributed by atoms with Crippen molar-refractivity contribution in [2.45, 2.75) is 56.0 Å². The van der Waals surface area contributed by atoms with E-state index in [0.29, 0.717) is 19.1 Å². The number of benzene rings is 1. The molecule has 0 aromatic heterocycles. The lowest BCUT2D eigenvalue weighted by Crippen LogP contribution is -2.52. The summed E-state index contributed by atoms with van der Waals surface area (Å²) in [4.78, 5) is 16.4. The highest BCUT2D eigenvalue weighted by Crippen LogP contribution is 2.48. The van der Waals surface area contributed by atoms with Gasteiger partial charge in [-0.1, -0.05) is 24.3 Å². The molecule has 0 radical (unpaired) electrons. The minimum Gasteiger partial charge on any atom is -0.331 e. The number of carbonyl (C=O) groups is 1. The molecule has 1 atom stereocenters. The fourth-order valence-corrected chi connectivity index (χ4v) is 6.67. The molecule has 1 N–H and O–H groups in total. The molecular weight excluding hydrogens is 412 g/mol. The minimum absolute atomic E-state index is 0. The van der Waals surface area contributed by atoms with Crippen molar-refractivity contribution >= 4 is 16.1 Å². The number of likely N-dealkylation sites (tertiary alicyclic amines) is 1. The predicted octanol–water partition coefficient (Wildman–Crippen LogP) is 3.04. The van der Waals surface area contributed by atoms with Crippen LogP contribution < -0.4 is 5.32 Å². The largest absolute Gasteiger partial charge is 0.331 e. The van der Waals surface area contributed by atoms with Gasteiger partial charge in [-0.3, -0.25) is 0 Å². The third kappa shape index (κ3) is 4.61. The first kappa shape index (κ1) is 22.6. The smallest absolute Gasteiger partial charge is 0.317 e. The van der Waals surface area contributed by atoms with Crippen LogP contribution in [0.3, 0.4) is 0 Å². The summed E-state index contributed by atoms with van der Waals surface area (Å²) >= 11 is 0. The highest BCUT2D eigenvalue weighted by atomic mass is 32.2. The number of amides is 2. The number of nitrogens with zero attached hydrogens (tertiary/aromatic N) is 3. The molecule has 1 aliphatic carbocycles. The maximum Gasteiger partial charge on any atom is 0.317 e. The van der Waals surface area contributed by atoms with E-state index in [1.54, 1.807) is 23.3 Å². The maximum atomic E-state index is 12.3. The molecule has 1 spiro atoms. The van der Waals surface area contributed by atoms with E-state index in [1.165, 1.54) is 17.4 Å². The van der Waals surface area contributed by atoms with E-state index in [-0.39, 0.29) is 20.3 Å². The van der Waals surface area contributed by atoms with Crippen molar-refractivity contribution in [1.82, 2.24) is 19.4 Å². The van der Waals surface area contributed by atoms with Gasteiger partial charge in [-0.2, -0.15) is 0 Å². The van der Waals surface area contributed by atoms with Crippen LogP contribution >= 0.6 is 0 Å². The maximum absolute atomic E-state index is 12.3. The number of carbonyl (C=O) groups excluding carboxylic acids is 1. The van der Waals surface area contributed by atoms with Crippen molar-refractivity contribution in [3.05, 3.63) is 35.4 Å². The quantitative estimate of drug-likeness (QED) is 0.765. The predicted molar refractivity (Wildman–Crippen MR) is 127 cm³/mol. The van der Waals surface area contributed by atoms with E-state index in [4.69, 9.17) is 0 Å². The Kier molecular flexibility index (Phi) is 6.34. The first-order valence-electron chi connectivity index (χ1n) is 11.5. The summed E-state index contributed by atoms with van der Waals surface area (Å²) in [6.07, 6.45) is 7.50. The van der Waals surface area contributed by atoms with Gasteiger partial charge in [0, 0.05) is 36.1 Å². The molecule has 176 valence electrons. The fraction of sp³-hybridized carbons (Fsp3) is 0.696. The second-order valence-electron chi connectivity index (χ2n) is 9.73. The molecule has 2 saturated heterocycles. The highest BCUT2D eigenvalue weighted by Gasteiger charge is 2.43. The van der Waals surface area contributed by atoms with Crippen molar-refractivity contribution in [3.8, 4) is 0 Å². The Bertz CT molecular complexity index is 912. The lowest BCUT2D eigenvalue weighted by atomic mass is 9.63. The van der Waals surface area contributed by atoms with Gasteiger partial charge >= 0.3 is 6.03 Å². The van der Waals surface area contributed by atoms with Crippen LogP contribution in [0.25, 0.3) is 0 Å². The van der Waals surface area contributed by atoms with Crippen molar-refractivity contribution in [2.75, 3.05) is 46.5 Å². The molecule has 4 rings (SSSR count). The molecule has 8 heteroatoms. The molecule has 31 heavy (non-hydrogen) atoms. The second kappa shape index (κ2) is 8.71. The highest BCUT2D eigenvalue weighted by molar-refractivity contribution is 7.88. The van der Waals surface area contributed by atoms with Gasteiger partial charge in [0.15, 0.2) is 0 Å². The van der Waals surface area contributed by atoms with E-state index < -0.39 is 10.0 Å². The number of urea groups is 1. The van der Waals surface area contributed by atoms with Crippen LogP contribution in [0.5, 0.6) is 0 Å². The number of hydrogen-bond donors (Lipinski definition) is 1. The van der Waals surface area contributed by atoms with Gasteiger partial charge < -0.3 is 15.1 Å². The Hall–Kier alpha value is -1.64. The summed E-state index contributed by atoms with van der Waals surface area (Å²) in [5.41, 5.74) is 2.88. The Labute approximate surface area is 189 Å². The zero-order chi connectivity index (χ0) is 22.2. The van der Waals surface area contributed by atoms with Crippen LogP contribution in [0.1, 0.15) is 58.5 Å². The van der Waals surface area contributed by atoms with Gasteiger partial charge in [0.05, 0.1) is 12.3 Å². The molecule has 0 unspecified atom stereocenters. The fourth-order valence-electron chi connectivity index (χ4n) is 5.80. The average Bonchev–Trinajstić information content (AvgIpc) is 2.76. The minimum atomic E-state index is -3.07. The van der Waals surface area contributed by atoms with E-state index in [9.17, 15) is 13.2 Å². The lowest BCUT2D eigenvalue weighted by Gasteiger charge is -2.49. The monoisotopic (exact) mass is 452 g/mol. The Balaban J connectivity index is 0.00000193. The van der Waals surface area contributed by atoms with Crippen molar-refractivity contribution in [1.29, 1.82) is 0 Å². The molecule has 7 nitrogen and oxygen atoms in total. The number of fused-ring (bicyclic) bond motifs is 2. The van der Waals surface area contributed by atoms with Crippen LogP contribution in [-0.4, -0.2) is 81.1 Å². The van der Waals surface area contributed by atoms with Crippen molar-refractivity contribution in [2.24, 2.45) is 0 Å². The zero-order valence-corrected chi connectivity index (χ0v) is 19.8.